The summed E-state index contributed by atoms with van der Waals surface area (Å²) in [6.45, 7) is 0.539. The van der Waals surface area contributed by atoms with Crippen molar-refractivity contribution in [1.29, 1.82) is 0 Å². The maximum absolute atomic E-state index is 12.3. The third kappa shape index (κ3) is 4.08. The summed E-state index contributed by atoms with van der Waals surface area (Å²) in [5.74, 6) is 1.41. The van der Waals surface area contributed by atoms with Crippen molar-refractivity contribution in [3.05, 3.63) is 36.2 Å². The summed E-state index contributed by atoms with van der Waals surface area (Å²) in [5.41, 5.74) is 0.999. The molecule has 2 amide bonds. The number of benzene rings is 1. The largest absolute Gasteiger partial charge is 0.282 e. The van der Waals surface area contributed by atoms with Crippen LogP contribution in [0.2, 0.25) is 0 Å². The number of hydrogen-bond donors (Lipinski definition) is 0. The van der Waals surface area contributed by atoms with Gasteiger partial charge in [0.25, 0.3) is 0 Å². The number of carbonyl (C=O) groups is 2. The molecule has 0 spiro atoms. The molecule has 0 bridgehead atoms. The van der Waals surface area contributed by atoms with Crippen LogP contribution >= 0.6 is 11.8 Å². The third-order valence-electron chi connectivity index (χ3n) is 5.28. The molecule has 7 heteroatoms. The molecule has 1 saturated carbocycles. The first-order chi connectivity index (χ1) is 13.2. The van der Waals surface area contributed by atoms with E-state index < -0.39 is 0 Å². The van der Waals surface area contributed by atoms with E-state index in [1.807, 2.05) is 35.0 Å². The zero-order valence-corrected chi connectivity index (χ0v) is 16.2. The molecule has 1 aromatic heterocycles. The minimum absolute atomic E-state index is 0.0636. The highest BCUT2D eigenvalue weighted by Crippen LogP contribution is 2.33. The van der Waals surface area contributed by atoms with Gasteiger partial charge in [-0.1, -0.05) is 49.2 Å². The van der Waals surface area contributed by atoms with Crippen molar-refractivity contribution < 1.29 is 9.59 Å². The van der Waals surface area contributed by atoms with Crippen molar-refractivity contribution in [3.63, 3.8) is 0 Å². The Morgan fingerprint density at radius 1 is 1.11 bits per heavy atom. The van der Waals surface area contributed by atoms with Gasteiger partial charge in [0.05, 0.1) is 11.4 Å². The predicted octanol–water partition coefficient (Wildman–Crippen LogP) is 3.56. The molecule has 1 saturated heterocycles. The SMILES string of the molecule is O=C1CCCN1C(=O)CSc1nc(C2CCCCC2)n(-c2ccccc2)n1. The lowest BCUT2D eigenvalue weighted by molar-refractivity contribution is -0.140. The van der Waals surface area contributed by atoms with Gasteiger partial charge in [0, 0.05) is 18.9 Å². The highest BCUT2D eigenvalue weighted by molar-refractivity contribution is 7.99. The van der Waals surface area contributed by atoms with Crippen LogP contribution in [0.4, 0.5) is 0 Å². The van der Waals surface area contributed by atoms with Crippen LogP contribution in [0.15, 0.2) is 35.5 Å². The van der Waals surface area contributed by atoms with Crippen molar-refractivity contribution in [2.24, 2.45) is 0 Å². The average Bonchev–Trinajstić information content (AvgIpc) is 3.34. The molecule has 142 valence electrons. The van der Waals surface area contributed by atoms with Crippen molar-refractivity contribution in [2.45, 2.75) is 56.0 Å². The zero-order chi connectivity index (χ0) is 18.6. The molecule has 2 heterocycles. The first-order valence-corrected chi connectivity index (χ1v) is 10.7. The molecule has 6 nitrogen and oxygen atoms in total. The summed E-state index contributed by atoms with van der Waals surface area (Å²) in [6.07, 6.45) is 7.25. The van der Waals surface area contributed by atoms with Crippen LogP contribution in [-0.2, 0) is 9.59 Å². The molecule has 2 fully saturated rings. The van der Waals surface area contributed by atoms with E-state index in [4.69, 9.17) is 4.98 Å². The van der Waals surface area contributed by atoms with Crippen molar-refractivity contribution >= 4 is 23.6 Å². The normalized spacial score (nSPS) is 18.2. The molecular formula is C20H24N4O2S. The number of aromatic nitrogens is 3. The van der Waals surface area contributed by atoms with Crippen molar-refractivity contribution in [2.75, 3.05) is 12.3 Å². The van der Waals surface area contributed by atoms with E-state index in [9.17, 15) is 9.59 Å². The molecule has 2 aliphatic rings. The molecule has 1 aliphatic heterocycles. The maximum atomic E-state index is 12.3. The lowest BCUT2D eigenvalue weighted by Gasteiger charge is -2.21. The van der Waals surface area contributed by atoms with Crippen molar-refractivity contribution in [3.8, 4) is 5.69 Å². The number of carbonyl (C=O) groups excluding carboxylic acids is 2. The number of thioether (sulfide) groups is 1. The average molecular weight is 385 g/mol. The minimum Gasteiger partial charge on any atom is -0.282 e. The van der Waals surface area contributed by atoms with E-state index >= 15 is 0 Å². The highest BCUT2D eigenvalue weighted by atomic mass is 32.2. The van der Waals surface area contributed by atoms with E-state index in [-0.39, 0.29) is 17.6 Å². The topological polar surface area (TPSA) is 68.1 Å². The predicted molar refractivity (Wildman–Crippen MR) is 104 cm³/mol. The Hall–Kier alpha value is -2.15. The van der Waals surface area contributed by atoms with Crippen LogP contribution in [-0.4, -0.2) is 43.8 Å². The van der Waals surface area contributed by atoms with Gasteiger partial charge in [0.1, 0.15) is 5.82 Å². The monoisotopic (exact) mass is 384 g/mol. The lowest BCUT2D eigenvalue weighted by Crippen LogP contribution is -2.33. The summed E-state index contributed by atoms with van der Waals surface area (Å²) < 4.78 is 1.93. The molecule has 0 N–H and O–H groups in total. The molecule has 0 atom stereocenters. The standard InChI is InChI=1S/C20H24N4O2S/c25-17-12-7-13-23(17)18(26)14-27-20-21-19(15-8-3-1-4-9-15)24(22-20)16-10-5-2-6-11-16/h2,5-6,10-11,15H,1,3-4,7-9,12-14H2. The first-order valence-electron chi connectivity index (χ1n) is 9.71. The van der Waals surface area contributed by atoms with E-state index in [0.29, 0.717) is 24.0 Å². The zero-order valence-electron chi connectivity index (χ0n) is 15.3. The fourth-order valence-corrected chi connectivity index (χ4v) is 4.57. The number of hydrogen-bond acceptors (Lipinski definition) is 5. The Balaban J connectivity index is 1.53. The van der Waals surface area contributed by atoms with Crippen LogP contribution < -0.4 is 0 Å². The quantitative estimate of drug-likeness (QED) is 0.738. The summed E-state index contributed by atoms with van der Waals surface area (Å²) in [6, 6.07) is 10.0. The van der Waals surface area contributed by atoms with Gasteiger partial charge in [-0.25, -0.2) is 9.67 Å². The van der Waals surface area contributed by atoms with E-state index in [2.05, 4.69) is 5.10 Å². The number of para-hydroxylation sites is 1. The Morgan fingerprint density at radius 2 is 1.89 bits per heavy atom. The van der Waals surface area contributed by atoms with Crippen molar-refractivity contribution in [1.82, 2.24) is 19.7 Å². The first kappa shape index (κ1) is 18.2. The molecule has 1 aliphatic carbocycles. The molecule has 2 aromatic rings. The second-order valence-corrected chi connectivity index (χ2v) is 8.11. The number of amides is 2. The fraction of sp³-hybridized carbons (Fsp3) is 0.500. The Bertz CT molecular complexity index is 815. The summed E-state index contributed by atoms with van der Waals surface area (Å²) >= 11 is 1.32. The molecule has 0 unspecified atom stereocenters. The second-order valence-electron chi connectivity index (χ2n) is 7.17. The van der Waals surface area contributed by atoms with E-state index in [0.717, 1.165) is 30.8 Å². The highest BCUT2D eigenvalue weighted by Gasteiger charge is 2.27. The molecular weight excluding hydrogens is 360 g/mol. The Labute approximate surface area is 163 Å². The number of rotatable bonds is 5. The van der Waals surface area contributed by atoms with Crippen LogP contribution in [0.5, 0.6) is 0 Å². The van der Waals surface area contributed by atoms with Crippen LogP contribution in [0.3, 0.4) is 0 Å². The van der Waals surface area contributed by atoms with Gasteiger partial charge in [-0.05, 0) is 31.4 Å². The summed E-state index contributed by atoms with van der Waals surface area (Å²) in [5, 5.41) is 5.30. The van der Waals surface area contributed by atoms with E-state index in [1.54, 1.807) is 0 Å². The van der Waals surface area contributed by atoms with E-state index in [1.165, 1.54) is 35.9 Å². The van der Waals surface area contributed by atoms with Crippen LogP contribution in [0.25, 0.3) is 5.69 Å². The van der Waals surface area contributed by atoms with Gasteiger partial charge in [-0.3, -0.25) is 14.5 Å². The molecule has 27 heavy (non-hydrogen) atoms. The van der Waals surface area contributed by atoms with Gasteiger partial charge >= 0.3 is 0 Å². The molecule has 0 radical (unpaired) electrons. The third-order valence-corrected chi connectivity index (χ3v) is 6.11. The van der Waals surface area contributed by atoms with Gasteiger partial charge in [0.2, 0.25) is 17.0 Å². The molecule has 1 aromatic carbocycles. The summed E-state index contributed by atoms with van der Waals surface area (Å²) in [4.78, 5) is 30.2. The second kappa shape index (κ2) is 8.25. The number of imide groups is 1. The van der Waals surface area contributed by atoms with Crippen LogP contribution in [0, 0.1) is 0 Å². The van der Waals surface area contributed by atoms with Gasteiger partial charge in [-0.2, -0.15) is 0 Å². The maximum Gasteiger partial charge on any atom is 0.239 e. The fourth-order valence-electron chi connectivity index (χ4n) is 3.87. The van der Waals surface area contributed by atoms with Gasteiger partial charge < -0.3 is 0 Å². The summed E-state index contributed by atoms with van der Waals surface area (Å²) in [7, 11) is 0. The van der Waals surface area contributed by atoms with Gasteiger partial charge in [-0.15, -0.1) is 5.10 Å². The van der Waals surface area contributed by atoms with Crippen LogP contribution in [0.1, 0.15) is 56.7 Å². The molecule has 4 rings (SSSR count). The Morgan fingerprint density at radius 3 is 2.59 bits per heavy atom. The number of nitrogens with zero attached hydrogens (tertiary/aromatic N) is 4. The van der Waals surface area contributed by atoms with Gasteiger partial charge in [0.15, 0.2) is 0 Å². The minimum atomic E-state index is -0.141. The lowest BCUT2D eigenvalue weighted by atomic mass is 9.88. The Kier molecular flexibility index (Phi) is 5.57. The smallest absolute Gasteiger partial charge is 0.239 e. The number of likely N-dealkylation sites (tertiary alicyclic amines) is 1.